The molecule has 0 aromatic rings. The summed E-state index contributed by atoms with van der Waals surface area (Å²) in [5, 5.41) is 0. The monoisotopic (exact) mass is 207 g/mol. The fourth-order valence-electron chi connectivity index (χ4n) is 3.27. The van der Waals surface area contributed by atoms with Crippen molar-refractivity contribution in [3.63, 3.8) is 0 Å². The van der Waals surface area contributed by atoms with Crippen LogP contribution in [0.25, 0.3) is 0 Å². The van der Waals surface area contributed by atoms with Crippen LogP contribution in [0.4, 0.5) is 0 Å². The highest BCUT2D eigenvalue weighted by molar-refractivity contribution is 5.08. The van der Waals surface area contributed by atoms with Crippen LogP contribution < -0.4 is 0 Å². The number of piperidine rings is 1. The molecule has 0 amide bonds. The third-order valence-electron chi connectivity index (χ3n) is 4.27. The molecular formula is C14H25N. The zero-order valence-electron chi connectivity index (χ0n) is 10.2. The van der Waals surface area contributed by atoms with E-state index in [1.54, 1.807) is 0 Å². The molecule has 1 nitrogen and oxygen atoms in total. The molecule has 15 heavy (non-hydrogen) atoms. The van der Waals surface area contributed by atoms with Gasteiger partial charge in [0.2, 0.25) is 0 Å². The van der Waals surface area contributed by atoms with Crippen LogP contribution >= 0.6 is 0 Å². The smallest absolute Gasteiger partial charge is 0.0218 e. The summed E-state index contributed by atoms with van der Waals surface area (Å²) in [6.45, 7) is 9.24. The molecule has 2 rings (SSSR count). The van der Waals surface area contributed by atoms with Crippen molar-refractivity contribution >= 4 is 0 Å². The van der Waals surface area contributed by atoms with Crippen molar-refractivity contribution in [3.8, 4) is 0 Å². The van der Waals surface area contributed by atoms with E-state index in [1.807, 2.05) is 0 Å². The van der Waals surface area contributed by atoms with Crippen LogP contribution in [0, 0.1) is 0 Å². The predicted molar refractivity (Wildman–Crippen MR) is 66.1 cm³/mol. The standard InChI is InChI=1S/C14H25N/c1-13-8-11-15-10-7-5-3-4-6-9-14(15,2)12-13/h1,3-12H2,2H3. The van der Waals surface area contributed by atoms with E-state index in [0.29, 0.717) is 5.54 Å². The summed E-state index contributed by atoms with van der Waals surface area (Å²) in [6, 6.07) is 0. The van der Waals surface area contributed by atoms with E-state index in [-0.39, 0.29) is 0 Å². The van der Waals surface area contributed by atoms with Crippen LogP contribution in [-0.4, -0.2) is 23.5 Å². The summed E-state index contributed by atoms with van der Waals surface area (Å²) in [4.78, 5) is 2.74. The first kappa shape index (κ1) is 11.2. The van der Waals surface area contributed by atoms with Gasteiger partial charge in [0.1, 0.15) is 0 Å². The Morgan fingerprint density at radius 2 is 1.80 bits per heavy atom. The quantitative estimate of drug-likeness (QED) is 0.547. The highest BCUT2D eigenvalue weighted by atomic mass is 15.2. The third kappa shape index (κ3) is 2.63. The second-order valence-electron chi connectivity index (χ2n) is 5.68. The molecule has 86 valence electrons. The van der Waals surface area contributed by atoms with Gasteiger partial charge >= 0.3 is 0 Å². The van der Waals surface area contributed by atoms with Gasteiger partial charge < -0.3 is 0 Å². The van der Waals surface area contributed by atoms with Crippen LogP contribution in [0.3, 0.4) is 0 Å². The highest BCUT2D eigenvalue weighted by Crippen LogP contribution is 2.35. The van der Waals surface area contributed by atoms with Gasteiger partial charge in [0.15, 0.2) is 0 Å². The number of fused-ring (bicyclic) bond motifs is 1. The SMILES string of the molecule is C=C1CCN2CCCCCCCC2(C)C1. The van der Waals surface area contributed by atoms with Crippen molar-refractivity contribution in [1.29, 1.82) is 0 Å². The lowest BCUT2D eigenvalue weighted by atomic mass is 9.82. The third-order valence-corrected chi connectivity index (χ3v) is 4.27. The molecule has 0 bridgehead atoms. The van der Waals surface area contributed by atoms with Gasteiger partial charge in [0.25, 0.3) is 0 Å². The Balaban J connectivity index is 2.07. The molecule has 0 aliphatic carbocycles. The summed E-state index contributed by atoms with van der Waals surface area (Å²) >= 11 is 0. The van der Waals surface area contributed by atoms with Crippen molar-refractivity contribution in [2.75, 3.05) is 13.1 Å². The van der Waals surface area contributed by atoms with Crippen molar-refractivity contribution < 1.29 is 0 Å². The van der Waals surface area contributed by atoms with Crippen molar-refractivity contribution in [3.05, 3.63) is 12.2 Å². The molecule has 0 spiro atoms. The summed E-state index contributed by atoms with van der Waals surface area (Å²) in [6.07, 6.45) is 11.0. The van der Waals surface area contributed by atoms with Crippen molar-refractivity contribution in [2.24, 2.45) is 0 Å². The Labute approximate surface area is 94.5 Å². The van der Waals surface area contributed by atoms with Crippen molar-refractivity contribution in [1.82, 2.24) is 4.90 Å². The maximum Gasteiger partial charge on any atom is 0.0218 e. The largest absolute Gasteiger partial charge is 0.297 e. The van der Waals surface area contributed by atoms with Gasteiger partial charge in [-0.15, -0.1) is 0 Å². The Morgan fingerprint density at radius 1 is 1.07 bits per heavy atom. The van der Waals surface area contributed by atoms with Gasteiger partial charge in [-0.05, 0) is 39.2 Å². The summed E-state index contributed by atoms with van der Waals surface area (Å²) < 4.78 is 0. The maximum absolute atomic E-state index is 4.20. The minimum Gasteiger partial charge on any atom is -0.297 e. The first-order chi connectivity index (χ1) is 7.21. The number of nitrogens with zero attached hydrogens (tertiary/aromatic N) is 1. The van der Waals surface area contributed by atoms with Gasteiger partial charge in [-0.3, -0.25) is 4.90 Å². The molecule has 1 heteroatoms. The zero-order chi connectivity index (χ0) is 10.7. The number of rotatable bonds is 0. The molecule has 2 heterocycles. The maximum atomic E-state index is 4.20. The molecule has 0 radical (unpaired) electrons. The van der Waals surface area contributed by atoms with Gasteiger partial charge in [0.05, 0.1) is 0 Å². The van der Waals surface area contributed by atoms with E-state index >= 15 is 0 Å². The van der Waals surface area contributed by atoms with Crippen LogP contribution in [0.15, 0.2) is 12.2 Å². The average molecular weight is 207 g/mol. The Bertz CT molecular complexity index is 233. The Morgan fingerprint density at radius 3 is 2.67 bits per heavy atom. The summed E-state index contributed by atoms with van der Waals surface area (Å²) in [5.74, 6) is 0. The van der Waals surface area contributed by atoms with Gasteiger partial charge in [-0.1, -0.05) is 37.8 Å². The lowest BCUT2D eigenvalue weighted by molar-refractivity contribution is 0.0749. The second kappa shape index (κ2) is 4.69. The Hall–Kier alpha value is -0.300. The van der Waals surface area contributed by atoms with Crippen molar-refractivity contribution in [2.45, 2.75) is 63.8 Å². The average Bonchev–Trinajstić information content (AvgIpc) is 2.27. The highest BCUT2D eigenvalue weighted by Gasteiger charge is 2.34. The topological polar surface area (TPSA) is 3.24 Å². The molecular weight excluding hydrogens is 182 g/mol. The molecule has 0 aromatic carbocycles. The molecule has 0 aromatic heterocycles. The fraction of sp³-hybridized carbons (Fsp3) is 0.857. The van der Waals surface area contributed by atoms with Gasteiger partial charge in [-0.25, -0.2) is 0 Å². The number of hydrogen-bond donors (Lipinski definition) is 0. The van der Waals surface area contributed by atoms with Crippen LogP contribution in [0.5, 0.6) is 0 Å². The predicted octanol–water partition coefficient (Wildman–Crippen LogP) is 3.75. The van der Waals surface area contributed by atoms with E-state index in [1.165, 1.54) is 70.0 Å². The molecule has 0 saturated carbocycles. The van der Waals surface area contributed by atoms with E-state index in [9.17, 15) is 0 Å². The number of hydrogen-bond acceptors (Lipinski definition) is 1. The van der Waals surface area contributed by atoms with Gasteiger partial charge in [-0.2, -0.15) is 0 Å². The molecule has 2 fully saturated rings. The lowest BCUT2D eigenvalue weighted by Gasteiger charge is -2.46. The van der Waals surface area contributed by atoms with E-state index < -0.39 is 0 Å². The fourth-order valence-corrected chi connectivity index (χ4v) is 3.27. The normalized spacial score (nSPS) is 35.1. The van der Waals surface area contributed by atoms with E-state index in [2.05, 4.69) is 18.4 Å². The van der Waals surface area contributed by atoms with Crippen LogP contribution in [-0.2, 0) is 0 Å². The summed E-state index contributed by atoms with van der Waals surface area (Å²) in [5.41, 5.74) is 1.92. The minimum atomic E-state index is 0.444. The minimum absolute atomic E-state index is 0.444. The first-order valence-corrected chi connectivity index (χ1v) is 6.62. The second-order valence-corrected chi connectivity index (χ2v) is 5.68. The van der Waals surface area contributed by atoms with E-state index in [4.69, 9.17) is 0 Å². The molecule has 0 N–H and O–H groups in total. The molecule has 2 aliphatic heterocycles. The summed E-state index contributed by atoms with van der Waals surface area (Å²) in [7, 11) is 0. The van der Waals surface area contributed by atoms with Crippen LogP contribution in [0.1, 0.15) is 58.3 Å². The van der Waals surface area contributed by atoms with E-state index in [0.717, 1.165) is 0 Å². The molecule has 1 atom stereocenters. The Kier molecular flexibility index (Phi) is 3.50. The van der Waals surface area contributed by atoms with Gasteiger partial charge in [0, 0.05) is 12.1 Å². The molecule has 1 unspecified atom stereocenters. The van der Waals surface area contributed by atoms with Crippen LogP contribution in [0.2, 0.25) is 0 Å². The first-order valence-electron chi connectivity index (χ1n) is 6.62. The molecule has 2 aliphatic rings. The molecule has 2 saturated heterocycles. The zero-order valence-corrected chi connectivity index (χ0v) is 10.2. The lowest BCUT2D eigenvalue weighted by Crippen LogP contribution is -2.50.